The Hall–Kier alpha value is -3.09. The summed E-state index contributed by atoms with van der Waals surface area (Å²) in [5.41, 5.74) is 2.51. The maximum atomic E-state index is 12.5. The smallest absolute Gasteiger partial charge is 0.409 e. The van der Waals surface area contributed by atoms with E-state index in [1.165, 1.54) is 0 Å². The van der Waals surface area contributed by atoms with Gasteiger partial charge >= 0.3 is 12.1 Å². The van der Waals surface area contributed by atoms with E-state index < -0.39 is 0 Å². The molecule has 0 aliphatic carbocycles. The van der Waals surface area contributed by atoms with Gasteiger partial charge in [-0.2, -0.15) is 0 Å². The second kappa shape index (κ2) is 8.33. The molecule has 0 spiro atoms. The first-order valence-corrected chi connectivity index (χ1v) is 8.66. The summed E-state index contributed by atoms with van der Waals surface area (Å²) < 4.78 is 4.99. The first kappa shape index (κ1) is 17.7. The molecule has 7 heteroatoms. The summed E-state index contributed by atoms with van der Waals surface area (Å²) >= 11 is 0. The van der Waals surface area contributed by atoms with E-state index >= 15 is 0 Å². The number of amides is 3. The number of nitrogens with one attached hydrogen (secondary N) is 1. The van der Waals surface area contributed by atoms with Gasteiger partial charge < -0.3 is 19.9 Å². The highest BCUT2D eigenvalue weighted by Gasteiger charge is 2.24. The van der Waals surface area contributed by atoms with Crippen LogP contribution in [0.4, 0.5) is 15.3 Å². The molecule has 2 aromatic rings. The van der Waals surface area contributed by atoms with Crippen LogP contribution in [0.5, 0.6) is 0 Å². The number of urea groups is 1. The first-order valence-electron chi connectivity index (χ1n) is 8.66. The molecule has 1 N–H and O–H groups in total. The third kappa shape index (κ3) is 4.30. The molecule has 3 rings (SSSR count). The lowest BCUT2D eigenvalue weighted by Crippen LogP contribution is -2.51. The number of anilines is 1. The molecule has 0 saturated carbocycles. The van der Waals surface area contributed by atoms with E-state index in [9.17, 15) is 9.59 Å². The van der Waals surface area contributed by atoms with Gasteiger partial charge in [-0.3, -0.25) is 4.98 Å². The number of hydrogen-bond acceptors (Lipinski definition) is 4. The van der Waals surface area contributed by atoms with Crippen LogP contribution in [0.3, 0.4) is 0 Å². The molecular weight excluding hydrogens is 332 g/mol. The molecule has 0 radical (unpaired) electrons. The average Bonchev–Trinajstić information content (AvgIpc) is 2.69. The predicted molar refractivity (Wildman–Crippen MR) is 98.9 cm³/mol. The number of pyridine rings is 1. The van der Waals surface area contributed by atoms with Crippen molar-refractivity contribution in [1.82, 2.24) is 14.8 Å². The van der Waals surface area contributed by atoms with Gasteiger partial charge in [-0.05, 0) is 31.2 Å². The second-order valence-corrected chi connectivity index (χ2v) is 5.90. The molecule has 0 unspecified atom stereocenters. The van der Waals surface area contributed by atoms with Gasteiger partial charge in [0.1, 0.15) is 0 Å². The van der Waals surface area contributed by atoms with Crippen LogP contribution in [-0.4, -0.2) is 59.7 Å². The highest BCUT2D eigenvalue weighted by molar-refractivity contribution is 5.90. The van der Waals surface area contributed by atoms with Crippen LogP contribution in [0.1, 0.15) is 6.92 Å². The summed E-state index contributed by atoms with van der Waals surface area (Å²) in [6.45, 7) is 4.03. The Morgan fingerprint density at radius 3 is 2.54 bits per heavy atom. The Balaban J connectivity index is 1.58. The Labute approximate surface area is 152 Å². The third-order valence-electron chi connectivity index (χ3n) is 4.17. The summed E-state index contributed by atoms with van der Waals surface area (Å²) in [7, 11) is 0. The van der Waals surface area contributed by atoms with E-state index in [2.05, 4.69) is 10.3 Å². The summed E-state index contributed by atoms with van der Waals surface area (Å²) in [4.78, 5) is 31.8. The van der Waals surface area contributed by atoms with Crippen molar-refractivity contribution in [3.05, 3.63) is 48.7 Å². The van der Waals surface area contributed by atoms with Crippen molar-refractivity contribution in [2.24, 2.45) is 0 Å². The van der Waals surface area contributed by atoms with Crippen molar-refractivity contribution in [2.45, 2.75) is 6.92 Å². The first-order chi connectivity index (χ1) is 12.7. The van der Waals surface area contributed by atoms with Gasteiger partial charge in [0.25, 0.3) is 0 Å². The number of aromatic nitrogens is 1. The Morgan fingerprint density at radius 1 is 1.08 bits per heavy atom. The molecule has 1 saturated heterocycles. The summed E-state index contributed by atoms with van der Waals surface area (Å²) in [6, 6.07) is 13.1. The largest absolute Gasteiger partial charge is 0.450 e. The Morgan fingerprint density at radius 2 is 1.85 bits per heavy atom. The molecular formula is C19H22N4O3. The highest BCUT2D eigenvalue weighted by Crippen LogP contribution is 2.20. The topological polar surface area (TPSA) is 74.8 Å². The minimum absolute atomic E-state index is 0.174. The lowest BCUT2D eigenvalue weighted by atomic mass is 10.1. The quantitative estimate of drug-likeness (QED) is 0.919. The third-order valence-corrected chi connectivity index (χ3v) is 4.17. The molecule has 2 heterocycles. The number of ether oxygens (including phenoxy) is 1. The number of piperazine rings is 1. The van der Waals surface area contributed by atoms with E-state index in [0.29, 0.717) is 38.5 Å². The molecule has 7 nitrogen and oxygen atoms in total. The lowest BCUT2D eigenvalue weighted by Gasteiger charge is -2.34. The molecule has 1 aromatic carbocycles. The molecule has 136 valence electrons. The number of carbonyl (C=O) groups is 2. The van der Waals surface area contributed by atoms with Gasteiger partial charge in [-0.25, -0.2) is 9.59 Å². The SMILES string of the molecule is CCOC(=O)N1CCN(C(=O)Nc2cccc(-c3ccccn3)c2)CC1. The van der Waals surface area contributed by atoms with Crippen molar-refractivity contribution in [3.63, 3.8) is 0 Å². The van der Waals surface area contributed by atoms with Crippen LogP contribution < -0.4 is 5.32 Å². The standard InChI is InChI=1S/C19H22N4O3/c1-2-26-19(25)23-12-10-22(11-13-23)18(24)21-16-7-5-6-15(14-16)17-8-3-4-9-20-17/h3-9,14H,2,10-13H2,1H3,(H,21,24). The van der Waals surface area contributed by atoms with Crippen LogP contribution in [0, 0.1) is 0 Å². The zero-order valence-corrected chi connectivity index (χ0v) is 14.7. The summed E-state index contributed by atoms with van der Waals surface area (Å²) in [6.07, 6.45) is 1.42. The van der Waals surface area contributed by atoms with Gasteiger partial charge in [-0.15, -0.1) is 0 Å². The highest BCUT2D eigenvalue weighted by atomic mass is 16.6. The normalized spacial score (nSPS) is 14.0. The predicted octanol–water partition coefficient (Wildman–Crippen LogP) is 3.05. The van der Waals surface area contributed by atoms with Crippen molar-refractivity contribution >= 4 is 17.8 Å². The number of benzene rings is 1. The molecule has 0 bridgehead atoms. The molecule has 1 aromatic heterocycles. The number of carbonyl (C=O) groups excluding carboxylic acids is 2. The second-order valence-electron chi connectivity index (χ2n) is 5.90. The molecule has 3 amide bonds. The number of hydrogen-bond donors (Lipinski definition) is 1. The van der Waals surface area contributed by atoms with E-state index in [-0.39, 0.29) is 12.1 Å². The van der Waals surface area contributed by atoms with Gasteiger partial charge in [-0.1, -0.05) is 18.2 Å². The van der Waals surface area contributed by atoms with Crippen LogP contribution >= 0.6 is 0 Å². The van der Waals surface area contributed by atoms with E-state index in [1.807, 2.05) is 42.5 Å². The van der Waals surface area contributed by atoms with Crippen molar-refractivity contribution in [1.29, 1.82) is 0 Å². The molecule has 26 heavy (non-hydrogen) atoms. The summed E-state index contributed by atoms with van der Waals surface area (Å²) in [5.74, 6) is 0. The number of rotatable bonds is 3. The Kier molecular flexibility index (Phi) is 5.68. The van der Waals surface area contributed by atoms with Crippen LogP contribution in [0.15, 0.2) is 48.7 Å². The minimum atomic E-state index is -0.323. The Bertz CT molecular complexity index is 758. The minimum Gasteiger partial charge on any atom is -0.450 e. The number of nitrogens with zero attached hydrogens (tertiary/aromatic N) is 3. The van der Waals surface area contributed by atoms with Crippen LogP contribution in [0.25, 0.3) is 11.3 Å². The lowest BCUT2D eigenvalue weighted by molar-refractivity contribution is 0.0868. The fraction of sp³-hybridized carbons (Fsp3) is 0.316. The average molecular weight is 354 g/mol. The molecule has 1 aliphatic heterocycles. The van der Waals surface area contributed by atoms with Crippen molar-refractivity contribution < 1.29 is 14.3 Å². The fourth-order valence-corrected chi connectivity index (χ4v) is 2.80. The fourth-order valence-electron chi connectivity index (χ4n) is 2.80. The zero-order chi connectivity index (χ0) is 18.4. The molecule has 1 aliphatic rings. The zero-order valence-electron chi connectivity index (χ0n) is 14.7. The van der Waals surface area contributed by atoms with Crippen molar-refractivity contribution in [2.75, 3.05) is 38.1 Å². The van der Waals surface area contributed by atoms with Gasteiger partial charge in [0.05, 0.1) is 12.3 Å². The van der Waals surface area contributed by atoms with E-state index in [1.54, 1.807) is 22.9 Å². The van der Waals surface area contributed by atoms with E-state index in [4.69, 9.17) is 4.74 Å². The van der Waals surface area contributed by atoms with Crippen molar-refractivity contribution in [3.8, 4) is 11.3 Å². The molecule has 1 fully saturated rings. The van der Waals surface area contributed by atoms with E-state index in [0.717, 1.165) is 11.3 Å². The maximum absolute atomic E-state index is 12.5. The molecule has 0 atom stereocenters. The van der Waals surface area contributed by atoms with Gasteiger partial charge in [0.2, 0.25) is 0 Å². The van der Waals surface area contributed by atoms with Gasteiger partial charge in [0, 0.05) is 43.6 Å². The maximum Gasteiger partial charge on any atom is 0.409 e. The van der Waals surface area contributed by atoms with Gasteiger partial charge in [0.15, 0.2) is 0 Å². The van der Waals surface area contributed by atoms with Crippen LogP contribution in [0.2, 0.25) is 0 Å². The summed E-state index contributed by atoms with van der Waals surface area (Å²) in [5, 5.41) is 2.92. The van der Waals surface area contributed by atoms with Crippen LogP contribution in [-0.2, 0) is 4.74 Å². The monoisotopic (exact) mass is 354 g/mol.